The quantitative estimate of drug-likeness (QED) is 0.741. The molecule has 1 aromatic carbocycles. The number of carbonyl (C=O) groups is 1. The van der Waals surface area contributed by atoms with Gasteiger partial charge in [0.05, 0.1) is 11.3 Å². The third-order valence-electron chi connectivity index (χ3n) is 5.33. The van der Waals surface area contributed by atoms with Gasteiger partial charge in [0.15, 0.2) is 0 Å². The minimum Gasteiger partial charge on any atom is -0.299 e. The van der Waals surface area contributed by atoms with Gasteiger partial charge in [-0.3, -0.25) is 4.79 Å². The summed E-state index contributed by atoms with van der Waals surface area (Å²) in [6.45, 7) is 0. The number of rotatable bonds is 5. The second kappa shape index (κ2) is 8.09. The number of hydrogen-bond donors (Lipinski definition) is 0. The highest BCUT2D eigenvalue weighted by Gasteiger charge is 2.37. The van der Waals surface area contributed by atoms with Gasteiger partial charge in [-0.25, -0.2) is 9.97 Å². The zero-order valence-corrected chi connectivity index (χ0v) is 15.3. The van der Waals surface area contributed by atoms with Crippen molar-refractivity contribution in [2.75, 3.05) is 0 Å². The van der Waals surface area contributed by atoms with Crippen molar-refractivity contribution in [1.82, 2.24) is 9.97 Å². The van der Waals surface area contributed by atoms with Crippen LogP contribution in [0.3, 0.4) is 0 Å². The summed E-state index contributed by atoms with van der Waals surface area (Å²) < 4.78 is 38.1. The van der Waals surface area contributed by atoms with Crippen molar-refractivity contribution < 1.29 is 18.0 Å². The second-order valence-electron chi connectivity index (χ2n) is 7.31. The van der Waals surface area contributed by atoms with Crippen molar-refractivity contribution in [2.45, 2.75) is 56.5 Å². The van der Waals surface area contributed by atoms with Crippen molar-refractivity contribution in [3.8, 4) is 6.07 Å². The first-order valence-corrected chi connectivity index (χ1v) is 9.24. The van der Waals surface area contributed by atoms with Crippen LogP contribution in [0.5, 0.6) is 0 Å². The average Bonchev–Trinajstić information content (AvgIpc) is 2.68. The molecule has 146 valence electrons. The molecule has 1 heterocycles. The first kappa shape index (κ1) is 20.0. The Labute approximate surface area is 161 Å². The number of nitrogens with zero attached hydrogens (tertiary/aromatic N) is 3. The molecule has 0 unspecified atom stereocenters. The lowest BCUT2D eigenvalue weighted by Gasteiger charge is -2.36. The van der Waals surface area contributed by atoms with E-state index < -0.39 is 17.2 Å². The van der Waals surface area contributed by atoms with E-state index in [2.05, 4.69) is 9.97 Å². The largest absolute Gasteiger partial charge is 0.416 e. The van der Waals surface area contributed by atoms with Crippen LogP contribution in [0.1, 0.15) is 61.2 Å². The molecule has 0 radical (unpaired) electrons. The van der Waals surface area contributed by atoms with Gasteiger partial charge in [0.1, 0.15) is 11.9 Å². The van der Waals surface area contributed by atoms with Gasteiger partial charge in [-0.05, 0) is 36.6 Å². The topological polar surface area (TPSA) is 66.6 Å². The summed E-state index contributed by atoms with van der Waals surface area (Å²) in [7, 11) is 0. The first-order valence-electron chi connectivity index (χ1n) is 9.24. The Balaban J connectivity index is 1.77. The van der Waals surface area contributed by atoms with Gasteiger partial charge in [0.2, 0.25) is 5.82 Å². The first-order chi connectivity index (χ1) is 13.3. The summed E-state index contributed by atoms with van der Waals surface area (Å²) in [5, 5.41) is 9.08. The van der Waals surface area contributed by atoms with Crippen LogP contribution in [0.4, 0.5) is 13.2 Å². The van der Waals surface area contributed by atoms with Crippen molar-refractivity contribution >= 4 is 5.78 Å². The fraction of sp³-hybridized carbons (Fsp3) is 0.429. The summed E-state index contributed by atoms with van der Waals surface area (Å²) in [5.74, 6) is 0.0383. The number of halogens is 3. The Morgan fingerprint density at radius 1 is 1.11 bits per heavy atom. The number of hydrogen-bond acceptors (Lipinski definition) is 4. The fourth-order valence-corrected chi connectivity index (χ4v) is 3.94. The van der Waals surface area contributed by atoms with Gasteiger partial charge in [0.25, 0.3) is 0 Å². The van der Waals surface area contributed by atoms with E-state index >= 15 is 0 Å². The maximum atomic E-state index is 12.8. The molecule has 1 fully saturated rings. The number of ketones is 1. The number of benzene rings is 1. The van der Waals surface area contributed by atoms with Crippen LogP contribution in [0.25, 0.3) is 0 Å². The van der Waals surface area contributed by atoms with E-state index in [1.807, 2.05) is 6.07 Å². The normalized spacial score (nSPS) is 16.4. The van der Waals surface area contributed by atoms with Crippen LogP contribution in [0, 0.1) is 11.3 Å². The molecule has 1 aliphatic carbocycles. The summed E-state index contributed by atoms with van der Waals surface area (Å²) >= 11 is 0. The molecule has 0 spiro atoms. The number of carbonyl (C=O) groups excluding carboxylic acids is 1. The lowest BCUT2D eigenvalue weighted by molar-refractivity contribution is -0.137. The third kappa shape index (κ3) is 4.56. The van der Waals surface area contributed by atoms with Crippen molar-refractivity contribution in [3.05, 3.63) is 59.2 Å². The summed E-state index contributed by atoms with van der Waals surface area (Å²) in [6.07, 6.45) is 2.12. The van der Waals surface area contributed by atoms with E-state index in [-0.39, 0.29) is 24.4 Å². The molecule has 1 saturated carbocycles. The molecule has 2 aromatic rings. The summed E-state index contributed by atoms with van der Waals surface area (Å²) in [5.41, 5.74) is 0.108. The molecule has 0 atom stereocenters. The Bertz CT molecular complexity index is 879. The van der Waals surface area contributed by atoms with Crippen LogP contribution < -0.4 is 0 Å². The van der Waals surface area contributed by atoms with E-state index in [9.17, 15) is 18.0 Å². The monoisotopic (exact) mass is 387 g/mol. The molecule has 1 aliphatic rings. The molecule has 0 N–H and O–H groups in total. The van der Waals surface area contributed by atoms with Crippen LogP contribution in [-0.4, -0.2) is 15.8 Å². The fourth-order valence-electron chi connectivity index (χ4n) is 3.94. The standard InChI is InChI=1S/C21H20F3N3O/c22-21(23,24)16-6-4-15(5-7-16)12-17(28)13-20(9-2-1-3-10-20)18-8-11-26-19(14-25)27-18/h4-8,11H,1-3,9-10,12-13H2. The molecule has 1 aromatic heterocycles. The van der Waals surface area contributed by atoms with E-state index in [0.717, 1.165) is 44.2 Å². The zero-order valence-electron chi connectivity index (χ0n) is 15.3. The molecular weight excluding hydrogens is 367 g/mol. The molecule has 0 bridgehead atoms. The predicted octanol–water partition coefficient (Wildman–Crippen LogP) is 4.77. The highest BCUT2D eigenvalue weighted by Crippen LogP contribution is 2.41. The Morgan fingerprint density at radius 3 is 2.39 bits per heavy atom. The predicted molar refractivity (Wildman–Crippen MR) is 96.3 cm³/mol. The lowest BCUT2D eigenvalue weighted by Crippen LogP contribution is -2.33. The van der Waals surface area contributed by atoms with Gasteiger partial charge < -0.3 is 0 Å². The van der Waals surface area contributed by atoms with Crippen molar-refractivity contribution in [1.29, 1.82) is 5.26 Å². The summed E-state index contributed by atoms with van der Waals surface area (Å²) in [6, 6.07) is 8.41. The minimum absolute atomic E-state index is 0.0428. The molecular formula is C21H20F3N3O. The highest BCUT2D eigenvalue weighted by molar-refractivity contribution is 5.82. The van der Waals surface area contributed by atoms with Gasteiger partial charge >= 0.3 is 6.18 Å². The lowest BCUT2D eigenvalue weighted by atomic mass is 9.68. The Kier molecular flexibility index (Phi) is 5.78. The van der Waals surface area contributed by atoms with Crippen LogP contribution in [0.2, 0.25) is 0 Å². The number of nitriles is 1. The molecule has 0 amide bonds. The number of alkyl halides is 3. The van der Waals surface area contributed by atoms with Gasteiger partial charge in [0, 0.05) is 24.5 Å². The molecule has 7 heteroatoms. The van der Waals surface area contributed by atoms with E-state index in [4.69, 9.17) is 5.26 Å². The Hall–Kier alpha value is -2.75. The van der Waals surface area contributed by atoms with E-state index in [1.165, 1.54) is 18.3 Å². The van der Waals surface area contributed by atoms with Gasteiger partial charge in [-0.1, -0.05) is 31.4 Å². The number of Topliss-reactive ketones (excluding diaryl/α,β-unsaturated/α-hetero) is 1. The zero-order chi connectivity index (χ0) is 20.2. The average molecular weight is 387 g/mol. The van der Waals surface area contributed by atoms with Crippen LogP contribution >= 0.6 is 0 Å². The SMILES string of the molecule is N#Cc1nccc(C2(CC(=O)Cc3ccc(C(F)(F)F)cc3)CCCCC2)n1. The maximum absolute atomic E-state index is 12.8. The minimum atomic E-state index is -4.39. The van der Waals surface area contributed by atoms with Gasteiger partial charge in [-0.15, -0.1) is 0 Å². The molecule has 4 nitrogen and oxygen atoms in total. The summed E-state index contributed by atoms with van der Waals surface area (Å²) in [4.78, 5) is 21.0. The maximum Gasteiger partial charge on any atom is 0.416 e. The second-order valence-corrected chi connectivity index (χ2v) is 7.31. The molecule has 0 saturated heterocycles. The number of aromatic nitrogens is 2. The van der Waals surface area contributed by atoms with Crippen molar-refractivity contribution in [3.63, 3.8) is 0 Å². The highest BCUT2D eigenvalue weighted by atomic mass is 19.4. The van der Waals surface area contributed by atoms with E-state index in [0.29, 0.717) is 11.3 Å². The van der Waals surface area contributed by atoms with Gasteiger partial charge in [-0.2, -0.15) is 18.4 Å². The molecule has 0 aliphatic heterocycles. The third-order valence-corrected chi connectivity index (χ3v) is 5.33. The van der Waals surface area contributed by atoms with E-state index in [1.54, 1.807) is 6.07 Å². The smallest absolute Gasteiger partial charge is 0.299 e. The van der Waals surface area contributed by atoms with Crippen LogP contribution in [-0.2, 0) is 22.8 Å². The van der Waals surface area contributed by atoms with Crippen LogP contribution in [0.15, 0.2) is 36.5 Å². The molecule has 3 rings (SSSR count). The Morgan fingerprint density at radius 2 is 1.79 bits per heavy atom. The molecule has 28 heavy (non-hydrogen) atoms. The van der Waals surface area contributed by atoms with Crippen molar-refractivity contribution in [2.24, 2.45) is 0 Å².